The number of H-pyrrole nitrogens is 1. The number of benzene rings is 2. The normalized spacial score (nSPS) is 10.5. The van der Waals surface area contributed by atoms with Gasteiger partial charge in [-0.3, -0.25) is 9.78 Å². The molecule has 0 atom stereocenters. The summed E-state index contributed by atoms with van der Waals surface area (Å²) in [5, 5.41) is 10.4. The van der Waals surface area contributed by atoms with Crippen LogP contribution in [0.4, 0.5) is 20.4 Å². The van der Waals surface area contributed by atoms with Crippen molar-refractivity contribution in [2.75, 3.05) is 5.32 Å². The summed E-state index contributed by atoms with van der Waals surface area (Å²) in [6.07, 6.45) is 0.356. The Labute approximate surface area is 130 Å². The molecular weight excluding hydrogens is 302 g/mol. The van der Waals surface area contributed by atoms with Crippen LogP contribution in [0.25, 0.3) is 0 Å². The summed E-state index contributed by atoms with van der Waals surface area (Å²) in [6, 6.07) is 12.7. The summed E-state index contributed by atoms with van der Waals surface area (Å²) in [7, 11) is 0. The maximum absolute atomic E-state index is 13.1. The topological polar surface area (TPSA) is 70.7 Å². The molecule has 0 aliphatic carbocycles. The van der Waals surface area contributed by atoms with Crippen molar-refractivity contribution in [3.8, 4) is 0 Å². The largest absolute Gasteiger partial charge is 0.324 e. The molecule has 2 N–H and O–H groups in total. The van der Waals surface area contributed by atoms with E-state index in [-0.39, 0.29) is 17.3 Å². The number of hydrogen-bond donors (Lipinski definition) is 2. The molecule has 2 aromatic carbocycles. The Bertz CT molecular complexity index is 881. The molecular formula is C16H12F2N4O. The monoisotopic (exact) mass is 314 g/mol. The first-order chi connectivity index (χ1) is 11.1. The molecule has 7 heteroatoms. The molecule has 0 amide bonds. The summed E-state index contributed by atoms with van der Waals surface area (Å²) in [5.74, 6) is -1.89. The van der Waals surface area contributed by atoms with Gasteiger partial charge in [0.15, 0.2) is 11.6 Å². The third-order valence-corrected chi connectivity index (χ3v) is 3.16. The maximum atomic E-state index is 13.1. The van der Waals surface area contributed by atoms with Gasteiger partial charge in [-0.25, -0.2) is 8.78 Å². The quantitative estimate of drug-likeness (QED) is 0.777. The van der Waals surface area contributed by atoms with Crippen LogP contribution in [0, 0.1) is 11.6 Å². The van der Waals surface area contributed by atoms with Crippen LogP contribution in [-0.2, 0) is 6.42 Å². The SMILES string of the molecule is O=c1[nH]c(Nc2ccc(F)c(F)c2)nnc1Cc1ccccc1. The Morgan fingerprint density at radius 3 is 2.48 bits per heavy atom. The van der Waals surface area contributed by atoms with E-state index in [1.807, 2.05) is 30.3 Å². The summed E-state index contributed by atoms with van der Waals surface area (Å²) in [6.45, 7) is 0. The predicted octanol–water partition coefficient (Wildman–Crippen LogP) is 2.78. The van der Waals surface area contributed by atoms with Gasteiger partial charge in [0.2, 0.25) is 5.95 Å². The van der Waals surface area contributed by atoms with Gasteiger partial charge in [0.1, 0.15) is 5.69 Å². The zero-order chi connectivity index (χ0) is 16.2. The second-order valence-corrected chi connectivity index (χ2v) is 4.87. The van der Waals surface area contributed by atoms with Crippen molar-refractivity contribution in [1.29, 1.82) is 0 Å². The van der Waals surface area contributed by atoms with Gasteiger partial charge in [-0.05, 0) is 17.7 Å². The van der Waals surface area contributed by atoms with Gasteiger partial charge >= 0.3 is 0 Å². The predicted molar refractivity (Wildman–Crippen MR) is 81.5 cm³/mol. The number of rotatable bonds is 4. The van der Waals surface area contributed by atoms with E-state index >= 15 is 0 Å². The second-order valence-electron chi connectivity index (χ2n) is 4.87. The minimum absolute atomic E-state index is 0.0535. The molecule has 1 aromatic heterocycles. The number of aromatic nitrogens is 3. The van der Waals surface area contributed by atoms with Crippen molar-refractivity contribution >= 4 is 11.6 Å². The highest BCUT2D eigenvalue weighted by atomic mass is 19.2. The van der Waals surface area contributed by atoms with Gasteiger partial charge in [0.05, 0.1) is 0 Å². The van der Waals surface area contributed by atoms with Crippen molar-refractivity contribution in [3.63, 3.8) is 0 Å². The fourth-order valence-electron chi connectivity index (χ4n) is 2.03. The first kappa shape index (κ1) is 14.8. The zero-order valence-corrected chi connectivity index (χ0v) is 11.9. The van der Waals surface area contributed by atoms with E-state index in [1.165, 1.54) is 6.07 Å². The molecule has 5 nitrogen and oxygen atoms in total. The average molecular weight is 314 g/mol. The molecule has 1 heterocycles. The third kappa shape index (κ3) is 3.57. The van der Waals surface area contributed by atoms with E-state index in [1.54, 1.807) is 0 Å². The minimum Gasteiger partial charge on any atom is -0.324 e. The summed E-state index contributed by atoms with van der Waals surface area (Å²) in [4.78, 5) is 14.5. The number of nitrogens with one attached hydrogen (secondary N) is 2. The highest BCUT2D eigenvalue weighted by molar-refractivity contribution is 5.52. The molecule has 0 aliphatic rings. The van der Waals surface area contributed by atoms with E-state index in [4.69, 9.17) is 0 Å². The number of halogens is 2. The highest BCUT2D eigenvalue weighted by Crippen LogP contribution is 2.15. The number of nitrogens with zero attached hydrogens (tertiary/aromatic N) is 2. The molecule has 0 bridgehead atoms. The van der Waals surface area contributed by atoms with Gasteiger partial charge in [-0.2, -0.15) is 0 Å². The maximum Gasteiger partial charge on any atom is 0.274 e. The van der Waals surface area contributed by atoms with Crippen LogP contribution in [0.15, 0.2) is 53.3 Å². The summed E-state index contributed by atoms with van der Waals surface area (Å²) >= 11 is 0. The molecule has 0 radical (unpaired) electrons. The Morgan fingerprint density at radius 1 is 1.00 bits per heavy atom. The van der Waals surface area contributed by atoms with Crippen LogP contribution in [0.2, 0.25) is 0 Å². The Kier molecular flexibility index (Phi) is 4.09. The molecule has 0 saturated heterocycles. The Morgan fingerprint density at radius 2 is 1.78 bits per heavy atom. The summed E-state index contributed by atoms with van der Waals surface area (Å²) < 4.78 is 26.0. The standard InChI is InChI=1S/C16H12F2N4O/c17-12-7-6-11(9-13(12)18)19-16-20-15(23)14(21-22-16)8-10-4-2-1-3-5-10/h1-7,9H,8H2,(H2,19,20,22,23). The van der Waals surface area contributed by atoms with E-state index in [2.05, 4.69) is 20.5 Å². The molecule has 0 aliphatic heterocycles. The lowest BCUT2D eigenvalue weighted by Crippen LogP contribution is -2.18. The van der Waals surface area contributed by atoms with E-state index in [0.717, 1.165) is 17.7 Å². The Balaban J connectivity index is 1.79. The van der Waals surface area contributed by atoms with Crippen molar-refractivity contribution in [2.45, 2.75) is 6.42 Å². The molecule has 23 heavy (non-hydrogen) atoms. The lowest BCUT2D eigenvalue weighted by molar-refractivity contribution is 0.509. The lowest BCUT2D eigenvalue weighted by atomic mass is 10.1. The number of anilines is 2. The summed E-state index contributed by atoms with van der Waals surface area (Å²) in [5.41, 5.74) is 1.07. The van der Waals surface area contributed by atoms with E-state index < -0.39 is 17.2 Å². The number of hydrogen-bond acceptors (Lipinski definition) is 4. The van der Waals surface area contributed by atoms with Crippen molar-refractivity contribution in [2.24, 2.45) is 0 Å². The third-order valence-electron chi connectivity index (χ3n) is 3.16. The van der Waals surface area contributed by atoms with E-state index in [0.29, 0.717) is 6.42 Å². The van der Waals surface area contributed by atoms with Crippen LogP contribution in [0.3, 0.4) is 0 Å². The first-order valence-electron chi connectivity index (χ1n) is 6.84. The van der Waals surface area contributed by atoms with Crippen LogP contribution in [0.5, 0.6) is 0 Å². The molecule has 0 saturated carbocycles. The second kappa shape index (κ2) is 6.35. The molecule has 116 valence electrons. The zero-order valence-electron chi connectivity index (χ0n) is 11.9. The first-order valence-corrected chi connectivity index (χ1v) is 6.84. The van der Waals surface area contributed by atoms with Gasteiger partial charge in [-0.1, -0.05) is 30.3 Å². The highest BCUT2D eigenvalue weighted by Gasteiger charge is 2.07. The van der Waals surface area contributed by atoms with Crippen LogP contribution < -0.4 is 10.9 Å². The fourth-order valence-corrected chi connectivity index (χ4v) is 2.03. The smallest absolute Gasteiger partial charge is 0.274 e. The van der Waals surface area contributed by atoms with Crippen LogP contribution in [0.1, 0.15) is 11.3 Å². The molecule has 0 unspecified atom stereocenters. The van der Waals surface area contributed by atoms with Crippen LogP contribution in [-0.4, -0.2) is 15.2 Å². The van der Waals surface area contributed by atoms with Crippen molar-refractivity contribution in [1.82, 2.24) is 15.2 Å². The van der Waals surface area contributed by atoms with E-state index in [9.17, 15) is 13.6 Å². The van der Waals surface area contributed by atoms with Crippen molar-refractivity contribution in [3.05, 3.63) is 81.8 Å². The number of aromatic amines is 1. The average Bonchev–Trinajstić information content (AvgIpc) is 2.55. The van der Waals surface area contributed by atoms with Crippen LogP contribution >= 0.6 is 0 Å². The van der Waals surface area contributed by atoms with Gasteiger partial charge in [-0.15, -0.1) is 10.2 Å². The van der Waals surface area contributed by atoms with Gasteiger partial charge < -0.3 is 5.32 Å². The fraction of sp³-hybridized carbons (Fsp3) is 0.0625. The van der Waals surface area contributed by atoms with Gasteiger partial charge in [0.25, 0.3) is 5.56 Å². The van der Waals surface area contributed by atoms with Gasteiger partial charge in [0, 0.05) is 18.2 Å². The molecule has 3 rings (SSSR count). The molecule has 0 spiro atoms. The Hall–Kier alpha value is -3.09. The lowest BCUT2D eigenvalue weighted by Gasteiger charge is -2.06. The minimum atomic E-state index is -0.994. The molecule has 0 fully saturated rings. The van der Waals surface area contributed by atoms with Crippen molar-refractivity contribution < 1.29 is 8.78 Å². The molecule has 3 aromatic rings.